The number of hydrogen-bond acceptors (Lipinski definition) is 9. The molecule has 1 aliphatic heterocycles. The van der Waals surface area contributed by atoms with Gasteiger partial charge in [-0.05, 0) is 23.3 Å². The maximum absolute atomic E-state index is 12.4. The van der Waals surface area contributed by atoms with Crippen LogP contribution < -0.4 is 25.8 Å². The van der Waals surface area contributed by atoms with Crippen molar-refractivity contribution >= 4 is 7.82 Å². The van der Waals surface area contributed by atoms with Crippen molar-refractivity contribution in [1.82, 2.24) is 9.55 Å². The van der Waals surface area contributed by atoms with E-state index in [0.29, 0.717) is 17.9 Å². The Labute approximate surface area is 193 Å². The molecule has 34 heavy (non-hydrogen) atoms. The third kappa shape index (κ3) is 5.89. The number of phosphoric ester groups is 1. The first kappa shape index (κ1) is 24.1. The van der Waals surface area contributed by atoms with Gasteiger partial charge < -0.3 is 33.5 Å². The van der Waals surface area contributed by atoms with Crippen molar-refractivity contribution in [3.05, 3.63) is 87.2 Å². The highest BCUT2D eigenvalue weighted by molar-refractivity contribution is 7.43. The van der Waals surface area contributed by atoms with Crippen LogP contribution in [0.25, 0.3) is 11.1 Å². The molecular formula is C22H21N2O9P-2. The normalized spacial score (nSPS) is 20.4. The minimum Gasteiger partial charge on any atom is -0.790 e. The Morgan fingerprint density at radius 3 is 2.50 bits per heavy atom. The Balaban J connectivity index is 1.50. The van der Waals surface area contributed by atoms with Crippen LogP contribution in [0.2, 0.25) is 0 Å². The average Bonchev–Trinajstić information content (AvgIpc) is 3.17. The molecule has 1 fully saturated rings. The summed E-state index contributed by atoms with van der Waals surface area (Å²) in [6.45, 7) is -0.302. The van der Waals surface area contributed by atoms with Gasteiger partial charge in [-0.15, -0.1) is 0 Å². The van der Waals surface area contributed by atoms with Crippen LogP contribution in [0.5, 0.6) is 5.75 Å². The van der Waals surface area contributed by atoms with E-state index >= 15 is 0 Å². The second-order valence-corrected chi connectivity index (χ2v) is 8.84. The Bertz CT molecular complexity index is 1280. The molecule has 0 bridgehead atoms. The standard InChI is InChI=1S/C22H23N2O9P/c25-18-10-20(33-19(18)13-32-34(28,29)30)24-11-17(21(26)23-22(24)27)15-6-8-16(9-7-15)31-12-14-4-2-1-3-5-14/h1-9,11,18-20,25H,10,12-13H2,(H,23,26,27)(H2,28,29,30)/p-2. The summed E-state index contributed by atoms with van der Waals surface area (Å²) in [6.07, 6.45) is -2.09. The smallest absolute Gasteiger partial charge is 0.330 e. The molecule has 0 amide bonds. The topological polar surface area (TPSA) is 166 Å². The van der Waals surface area contributed by atoms with Crippen LogP contribution >= 0.6 is 7.82 Å². The molecule has 2 heterocycles. The molecule has 3 atom stereocenters. The third-order valence-corrected chi connectivity index (χ3v) is 5.76. The third-order valence-electron chi connectivity index (χ3n) is 5.29. The van der Waals surface area contributed by atoms with Gasteiger partial charge in [0.2, 0.25) is 0 Å². The molecule has 3 aromatic rings. The van der Waals surface area contributed by atoms with Crippen molar-refractivity contribution in [2.75, 3.05) is 6.61 Å². The van der Waals surface area contributed by atoms with Crippen LogP contribution in [-0.2, 0) is 20.4 Å². The first-order valence-corrected chi connectivity index (χ1v) is 11.8. The van der Waals surface area contributed by atoms with Crippen molar-refractivity contribution in [2.45, 2.75) is 31.5 Å². The molecular weight excluding hydrogens is 467 g/mol. The Morgan fingerprint density at radius 2 is 1.82 bits per heavy atom. The highest BCUT2D eigenvalue weighted by Gasteiger charge is 2.36. The lowest BCUT2D eigenvalue weighted by Crippen LogP contribution is -2.33. The van der Waals surface area contributed by atoms with Crippen LogP contribution in [-0.4, -0.2) is 33.5 Å². The van der Waals surface area contributed by atoms with Crippen LogP contribution in [0.1, 0.15) is 18.2 Å². The SMILES string of the molecule is O=c1[nH]c(=O)n(C2CC(O)C(COP(=O)([O-])[O-])O2)cc1-c1ccc(OCc2ccccc2)cc1. The molecule has 180 valence electrons. The van der Waals surface area contributed by atoms with Crippen LogP contribution in [0.3, 0.4) is 0 Å². The molecule has 0 spiro atoms. The number of aliphatic hydroxyl groups is 1. The van der Waals surface area contributed by atoms with Gasteiger partial charge in [0.05, 0.1) is 26.1 Å². The second kappa shape index (κ2) is 10.1. The van der Waals surface area contributed by atoms with Gasteiger partial charge in [-0.3, -0.25) is 14.3 Å². The molecule has 0 saturated carbocycles. The minimum atomic E-state index is -5.24. The Hall–Kier alpha value is -3.05. The summed E-state index contributed by atoms with van der Waals surface area (Å²) in [5.74, 6) is 0.594. The quantitative estimate of drug-likeness (QED) is 0.423. The van der Waals surface area contributed by atoms with Gasteiger partial charge in [0.1, 0.15) is 24.7 Å². The first-order valence-electron chi connectivity index (χ1n) is 10.3. The van der Waals surface area contributed by atoms with Crippen LogP contribution in [0.15, 0.2) is 70.4 Å². The fraction of sp³-hybridized carbons (Fsp3) is 0.273. The number of H-pyrrole nitrogens is 1. The van der Waals surface area contributed by atoms with Crippen molar-refractivity contribution in [2.24, 2.45) is 0 Å². The monoisotopic (exact) mass is 488 g/mol. The number of ether oxygens (including phenoxy) is 2. The van der Waals surface area contributed by atoms with E-state index in [1.165, 1.54) is 6.20 Å². The van der Waals surface area contributed by atoms with E-state index < -0.39 is 44.1 Å². The summed E-state index contributed by atoms with van der Waals surface area (Å²) in [4.78, 5) is 48.4. The molecule has 3 unspecified atom stereocenters. The number of hydrogen-bond donors (Lipinski definition) is 2. The van der Waals surface area contributed by atoms with E-state index in [9.17, 15) is 29.0 Å². The largest absolute Gasteiger partial charge is 0.790 e. The number of rotatable bonds is 8. The summed E-state index contributed by atoms with van der Waals surface area (Å²) in [7, 11) is -5.24. The zero-order valence-corrected chi connectivity index (χ0v) is 18.6. The van der Waals surface area contributed by atoms with E-state index in [1.807, 2.05) is 30.3 Å². The number of aromatic amines is 1. The zero-order chi connectivity index (χ0) is 24.3. The molecule has 12 heteroatoms. The molecule has 4 rings (SSSR count). The van der Waals surface area contributed by atoms with E-state index in [2.05, 4.69) is 9.51 Å². The van der Waals surface area contributed by atoms with Crippen molar-refractivity contribution in [3.63, 3.8) is 0 Å². The predicted molar refractivity (Wildman–Crippen MR) is 116 cm³/mol. The Kier molecular flexibility index (Phi) is 7.13. The van der Waals surface area contributed by atoms with E-state index in [0.717, 1.165) is 10.1 Å². The molecule has 1 saturated heterocycles. The van der Waals surface area contributed by atoms with Gasteiger partial charge in [-0.2, -0.15) is 0 Å². The lowest BCUT2D eigenvalue weighted by Gasteiger charge is -2.30. The van der Waals surface area contributed by atoms with E-state index in [4.69, 9.17) is 9.47 Å². The Morgan fingerprint density at radius 1 is 1.12 bits per heavy atom. The molecule has 1 aromatic heterocycles. The van der Waals surface area contributed by atoms with Crippen molar-refractivity contribution < 1.29 is 33.5 Å². The number of aliphatic hydroxyl groups excluding tert-OH is 1. The average molecular weight is 488 g/mol. The molecule has 2 N–H and O–H groups in total. The van der Waals surface area contributed by atoms with Gasteiger partial charge in [0.15, 0.2) is 0 Å². The fourth-order valence-corrected chi connectivity index (χ4v) is 3.91. The van der Waals surface area contributed by atoms with Crippen LogP contribution in [0.4, 0.5) is 0 Å². The highest BCUT2D eigenvalue weighted by atomic mass is 31.2. The predicted octanol–water partition coefficient (Wildman–Crippen LogP) is 0.276. The second-order valence-electron chi connectivity index (χ2n) is 7.68. The zero-order valence-electron chi connectivity index (χ0n) is 17.7. The lowest BCUT2D eigenvalue weighted by molar-refractivity contribution is -0.343. The molecule has 1 aliphatic rings. The van der Waals surface area contributed by atoms with Crippen LogP contribution in [0, 0.1) is 0 Å². The van der Waals surface area contributed by atoms with Gasteiger partial charge in [-0.1, -0.05) is 42.5 Å². The van der Waals surface area contributed by atoms with Crippen molar-refractivity contribution in [3.8, 4) is 16.9 Å². The number of aromatic nitrogens is 2. The molecule has 11 nitrogen and oxygen atoms in total. The molecule has 0 aliphatic carbocycles. The summed E-state index contributed by atoms with van der Waals surface area (Å²) in [5.41, 5.74) is 0.311. The lowest BCUT2D eigenvalue weighted by atomic mass is 10.1. The first-order chi connectivity index (χ1) is 16.2. The number of benzene rings is 2. The summed E-state index contributed by atoms with van der Waals surface area (Å²) in [5, 5.41) is 10.1. The summed E-state index contributed by atoms with van der Waals surface area (Å²) < 4.78 is 27.2. The summed E-state index contributed by atoms with van der Waals surface area (Å²) >= 11 is 0. The number of nitrogens with zero attached hydrogens (tertiary/aromatic N) is 1. The maximum Gasteiger partial charge on any atom is 0.330 e. The van der Waals surface area contributed by atoms with Gasteiger partial charge in [-0.25, -0.2) is 4.79 Å². The minimum absolute atomic E-state index is 0.0757. The number of phosphoric acid groups is 1. The molecule has 0 radical (unpaired) electrons. The van der Waals surface area contributed by atoms with Gasteiger partial charge in [0.25, 0.3) is 5.56 Å². The highest BCUT2D eigenvalue weighted by Crippen LogP contribution is 2.32. The fourth-order valence-electron chi connectivity index (χ4n) is 3.58. The van der Waals surface area contributed by atoms with Gasteiger partial charge in [0, 0.05) is 12.6 Å². The number of nitrogens with one attached hydrogen (secondary N) is 1. The van der Waals surface area contributed by atoms with E-state index in [1.54, 1.807) is 24.3 Å². The van der Waals surface area contributed by atoms with Gasteiger partial charge >= 0.3 is 5.69 Å². The molecule has 2 aromatic carbocycles. The summed E-state index contributed by atoms with van der Waals surface area (Å²) in [6, 6.07) is 16.3. The maximum atomic E-state index is 12.4. The van der Waals surface area contributed by atoms with E-state index in [-0.39, 0.29) is 12.0 Å². The van der Waals surface area contributed by atoms with Crippen molar-refractivity contribution in [1.29, 1.82) is 0 Å².